The highest BCUT2D eigenvalue weighted by molar-refractivity contribution is 7.07. The molecule has 0 unspecified atom stereocenters. The molecule has 0 amide bonds. The molecule has 0 N–H and O–H groups in total. The summed E-state index contributed by atoms with van der Waals surface area (Å²) in [4.78, 5) is 4.05. The van der Waals surface area contributed by atoms with Crippen LogP contribution >= 0.6 is 11.3 Å². The first-order valence-corrected chi connectivity index (χ1v) is 4.12. The van der Waals surface area contributed by atoms with Crippen LogP contribution in [0.15, 0.2) is 5.38 Å². The van der Waals surface area contributed by atoms with E-state index in [1.54, 1.807) is 11.3 Å². The van der Waals surface area contributed by atoms with Gasteiger partial charge in [-0.2, -0.15) is 0 Å². The molecule has 0 spiro atoms. The molecule has 0 fully saturated rings. The molecular formula is C7H10NS. The van der Waals surface area contributed by atoms with Crippen LogP contribution < -0.4 is 0 Å². The minimum Gasteiger partial charge on any atom is -0.239 e. The van der Waals surface area contributed by atoms with Crippen LogP contribution in [-0.4, -0.2) is 4.98 Å². The first-order chi connectivity index (χ1) is 4.43. The highest BCUT2D eigenvalue weighted by atomic mass is 32.1. The van der Waals surface area contributed by atoms with Gasteiger partial charge in [0.25, 0.3) is 0 Å². The molecule has 2 heteroatoms. The van der Waals surface area contributed by atoms with Crippen LogP contribution in [0.1, 0.15) is 25.5 Å². The SMILES string of the molecule is CCCCc1cs[c]n1. The lowest BCUT2D eigenvalue weighted by Crippen LogP contribution is -1.81. The van der Waals surface area contributed by atoms with Crippen LogP contribution in [0.25, 0.3) is 0 Å². The second kappa shape index (κ2) is 3.62. The molecule has 0 bridgehead atoms. The van der Waals surface area contributed by atoms with E-state index in [0.717, 1.165) is 6.42 Å². The molecule has 0 aliphatic carbocycles. The number of unbranched alkanes of at least 4 members (excludes halogenated alkanes) is 1. The molecule has 1 radical (unpaired) electrons. The summed E-state index contributed by atoms with van der Waals surface area (Å²) in [6.07, 6.45) is 3.62. The Kier molecular flexibility index (Phi) is 2.71. The smallest absolute Gasteiger partial charge is 0.152 e. The second-order valence-electron chi connectivity index (χ2n) is 2.03. The Balaban J connectivity index is 2.30. The Bertz CT molecular complexity index is 146. The van der Waals surface area contributed by atoms with Gasteiger partial charge in [0.15, 0.2) is 5.51 Å². The Morgan fingerprint density at radius 1 is 1.78 bits per heavy atom. The monoisotopic (exact) mass is 140 g/mol. The lowest BCUT2D eigenvalue weighted by atomic mass is 10.2. The van der Waals surface area contributed by atoms with E-state index in [0.29, 0.717) is 0 Å². The summed E-state index contributed by atoms with van der Waals surface area (Å²) < 4.78 is 0. The van der Waals surface area contributed by atoms with Crippen LogP contribution in [0, 0.1) is 5.51 Å². The second-order valence-corrected chi connectivity index (χ2v) is 2.69. The summed E-state index contributed by atoms with van der Waals surface area (Å²) in [6, 6.07) is 0. The van der Waals surface area contributed by atoms with Crippen LogP contribution in [0.3, 0.4) is 0 Å². The van der Waals surface area contributed by atoms with Gasteiger partial charge >= 0.3 is 0 Å². The summed E-state index contributed by atoms with van der Waals surface area (Å²) in [7, 11) is 0. The topological polar surface area (TPSA) is 12.9 Å². The number of aryl methyl sites for hydroxylation is 1. The van der Waals surface area contributed by atoms with Crippen LogP contribution in [0.5, 0.6) is 0 Å². The fourth-order valence-electron chi connectivity index (χ4n) is 0.678. The van der Waals surface area contributed by atoms with Gasteiger partial charge in [0, 0.05) is 5.38 Å². The van der Waals surface area contributed by atoms with Crippen molar-refractivity contribution in [3.63, 3.8) is 0 Å². The highest BCUT2D eigenvalue weighted by Crippen LogP contribution is 2.03. The van der Waals surface area contributed by atoms with Crippen molar-refractivity contribution in [1.29, 1.82) is 0 Å². The van der Waals surface area contributed by atoms with E-state index in [9.17, 15) is 0 Å². The van der Waals surface area contributed by atoms with Gasteiger partial charge in [-0.05, 0) is 12.8 Å². The number of rotatable bonds is 3. The van der Waals surface area contributed by atoms with E-state index in [-0.39, 0.29) is 0 Å². The van der Waals surface area contributed by atoms with E-state index in [4.69, 9.17) is 0 Å². The van der Waals surface area contributed by atoms with Gasteiger partial charge in [-0.25, -0.2) is 4.98 Å². The van der Waals surface area contributed by atoms with Gasteiger partial charge in [-0.15, -0.1) is 11.3 Å². The molecule has 0 aromatic carbocycles. The predicted octanol–water partition coefficient (Wildman–Crippen LogP) is 2.29. The molecule has 1 nitrogen and oxygen atoms in total. The molecule has 1 heterocycles. The lowest BCUT2D eigenvalue weighted by molar-refractivity contribution is 0.781. The van der Waals surface area contributed by atoms with Gasteiger partial charge in [0.2, 0.25) is 0 Å². The summed E-state index contributed by atoms with van der Waals surface area (Å²) >= 11 is 1.55. The third-order valence-corrected chi connectivity index (χ3v) is 1.81. The van der Waals surface area contributed by atoms with Gasteiger partial charge in [0.05, 0.1) is 5.69 Å². The first-order valence-electron chi connectivity index (χ1n) is 3.24. The van der Waals surface area contributed by atoms with Gasteiger partial charge in [-0.3, -0.25) is 0 Å². The van der Waals surface area contributed by atoms with Crippen molar-refractivity contribution in [3.05, 3.63) is 16.6 Å². The normalized spacial score (nSPS) is 9.89. The van der Waals surface area contributed by atoms with Gasteiger partial charge in [0.1, 0.15) is 0 Å². The van der Waals surface area contributed by atoms with Gasteiger partial charge in [-0.1, -0.05) is 13.3 Å². The molecule has 0 atom stereocenters. The van der Waals surface area contributed by atoms with Crippen molar-refractivity contribution in [1.82, 2.24) is 4.98 Å². The third kappa shape index (κ3) is 2.14. The summed E-state index contributed by atoms with van der Waals surface area (Å²) in [5.41, 5.74) is 4.03. The maximum Gasteiger partial charge on any atom is 0.152 e. The van der Waals surface area contributed by atoms with E-state index in [1.165, 1.54) is 18.5 Å². The number of aromatic nitrogens is 1. The van der Waals surface area contributed by atoms with Crippen molar-refractivity contribution in [2.45, 2.75) is 26.2 Å². The van der Waals surface area contributed by atoms with E-state index in [1.807, 2.05) is 0 Å². The van der Waals surface area contributed by atoms with Crippen molar-refractivity contribution < 1.29 is 0 Å². The van der Waals surface area contributed by atoms with Crippen LogP contribution in [-0.2, 0) is 6.42 Å². The molecule has 1 aromatic heterocycles. The van der Waals surface area contributed by atoms with Crippen LogP contribution in [0.4, 0.5) is 0 Å². The molecule has 49 valence electrons. The molecule has 1 aromatic rings. The number of thiazole rings is 1. The van der Waals surface area contributed by atoms with Crippen molar-refractivity contribution in [2.24, 2.45) is 0 Å². The number of nitrogens with zero attached hydrogens (tertiary/aromatic N) is 1. The van der Waals surface area contributed by atoms with E-state index in [2.05, 4.69) is 22.8 Å². The fourth-order valence-corrected chi connectivity index (χ4v) is 1.21. The molecule has 0 saturated heterocycles. The van der Waals surface area contributed by atoms with Crippen molar-refractivity contribution >= 4 is 11.3 Å². The Labute approximate surface area is 59.8 Å². The fraction of sp³-hybridized carbons (Fsp3) is 0.571. The zero-order chi connectivity index (χ0) is 6.53. The Morgan fingerprint density at radius 3 is 3.22 bits per heavy atom. The molecule has 9 heavy (non-hydrogen) atoms. The molecule has 0 aliphatic heterocycles. The van der Waals surface area contributed by atoms with Gasteiger partial charge < -0.3 is 0 Å². The third-order valence-electron chi connectivity index (χ3n) is 1.22. The maximum atomic E-state index is 4.05. The molecular weight excluding hydrogens is 130 g/mol. The maximum absolute atomic E-state index is 4.05. The first kappa shape index (κ1) is 6.75. The zero-order valence-corrected chi connectivity index (χ0v) is 6.37. The average Bonchev–Trinajstić information content (AvgIpc) is 2.34. The van der Waals surface area contributed by atoms with Crippen molar-refractivity contribution in [3.8, 4) is 0 Å². The summed E-state index contributed by atoms with van der Waals surface area (Å²) in [6.45, 7) is 2.19. The standard InChI is InChI=1S/C7H10NS/c1-2-3-4-7-5-9-6-8-7/h5H,2-4H2,1H3. The van der Waals surface area contributed by atoms with Crippen molar-refractivity contribution in [2.75, 3.05) is 0 Å². The quantitative estimate of drug-likeness (QED) is 0.627. The predicted molar refractivity (Wildman–Crippen MR) is 39.6 cm³/mol. The minimum atomic E-state index is 1.12. The minimum absolute atomic E-state index is 1.12. The van der Waals surface area contributed by atoms with E-state index < -0.39 is 0 Å². The summed E-state index contributed by atoms with van der Waals surface area (Å²) in [5, 5.41) is 2.07. The molecule has 0 saturated carbocycles. The lowest BCUT2D eigenvalue weighted by Gasteiger charge is -1.89. The largest absolute Gasteiger partial charge is 0.239 e. The Morgan fingerprint density at radius 2 is 2.67 bits per heavy atom. The zero-order valence-electron chi connectivity index (χ0n) is 5.55. The average molecular weight is 140 g/mol. The molecule has 0 aliphatic rings. The Hall–Kier alpha value is -0.370. The number of hydrogen-bond acceptors (Lipinski definition) is 2. The van der Waals surface area contributed by atoms with E-state index >= 15 is 0 Å². The van der Waals surface area contributed by atoms with Crippen LogP contribution in [0.2, 0.25) is 0 Å². The number of hydrogen-bond donors (Lipinski definition) is 0. The highest BCUT2D eigenvalue weighted by Gasteiger charge is 1.91. The summed E-state index contributed by atoms with van der Waals surface area (Å²) in [5.74, 6) is 0. The molecule has 1 rings (SSSR count).